The molecule has 0 amide bonds. The summed E-state index contributed by atoms with van der Waals surface area (Å²) >= 11 is 1.70. The largest absolute Gasteiger partial charge is 0.311 e. The standard InChI is InChI=1S/C15H18N4S/c1-11-10-20-15-18-12(2)14(19(11)15)9-16-8-6-13-5-3-4-7-17-13/h3-5,7,10,16H,6,8-9H2,1-2H3. The van der Waals surface area contributed by atoms with Gasteiger partial charge in [-0.05, 0) is 26.0 Å². The molecule has 5 heteroatoms. The minimum atomic E-state index is 0.845. The van der Waals surface area contributed by atoms with Crippen LogP contribution in [0, 0.1) is 13.8 Å². The summed E-state index contributed by atoms with van der Waals surface area (Å²) in [6.07, 6.45) is 2.79. The van der Waals surface area contributed by atoms with E-state index in [1.807, 2.05) is 18.3 Å². The highest BCUT2D eigenvalue weighted by atomic mass is 32.1. The van der Waals surface area contributed by atoms with Gasteiger partial charge in [0, 0.05) is 42.5 Å². The van der Waals surface area contributed by atoms with Gasteiger partial charge in [-0.3, -0.25) is 9.38 Å². The molecule has 104 valence electrons. The van der Waals surface area contributed by atoms with E-state index in [1.54, 1.807) is 11.3 Å². The maximum atomic E-state index is 4.60. The van der Waals surface area contributed by atoms with Crippen LogP contribution in [-0.2, 0) is 13.0 Å². The van der Waals surface area contributed by atoms with E-state index in [1.165, 1.54) is 11.4 Å². The fourth-order valence-corrected chi connectivity index (χ4v) is 3.28. The Hall–Kier alpha value is -1.72. The average molecular weight is 286 g/mol. The lowest BCUT2D eigenvalue weighted by Gasteiger charge is -2.06. The fourth-order valence-electron chi connectivity index (χ4n) is 2.34. The van der Waals surface area contributed by atoms with Crippen LogP contribution in [0.4, 0.5) is 0 Å². The lowest BCUT2D eigenvalue weighted by molar-refractivity contribution is 0.661. The summed E-state index contributed by atoms with van der Waals surface area (Å²) in [5, 5.41) is 5.64. The summed E-state index contributed by atoms with van der Waals surface area (Å²) in [4.78, 5) is 10.0. The van der Waals surface area contributed by atoms with Crippen LogP contribution in [0.1, 0.15) is 22.8 Å². The van der Waals surface area contributed by atoms with Crippen molar-refractivity contribution in [3.8, 4) is 0 Å². The number of rotatable bonds is 5. The lowest BCUT2D eigenvalue weighted by atomic mass is 10.2. The van der Waals surface area contributed by atoms with Gasteiger partial charge in [0.25, 0.3) is 0 Å². The first-order chi connectivity index (χ1) is 9.75. The molecule has 3 aromatic heterocycles. The Balaban J connectivity index is 1.63. The number of hydrogen-bond acceptors (Lipinski definition) is 4. The quantitative estimate of drug-likeness (QED) is 0.733. The Morgan fingerprint density at radius 2 is 2.20 bits per heavy atom. The molecule has 0 saturated heterocycles. The zero-order valence-electron chi connectivity index (χ0n) is 11.8. The molecule has 0 aliphatic heterocycles. The van der Waals surface area contributed by atoms with E-state index in [0.717, 1.165) is 35.9 Å². The van der Waals surface area contributed by atoms with Crippen LogP contribution in [-0.4, -0.2) is 20.9 Å². The van der Waals surface area contributed by atoms with Crippen molar-refractivity contribution in [1.82, 2.24) is 19.7 Å². The topological polar surface area (TPSA) is 42.2 Å². The van der Waals surface area contributed by atoms with Gasteiger partial charge in [-0.1, -0.05) is 6.07 Å². The summed E-state index contributed by atoms with van der Waals surface area (Å²) in [5.41, 5.74) is 4.76. The van der Waals surface area contributed by atoms with Crippen LogP contribution in [0.15, 0.2) is 29.8 Å². The molecular formula is C15H18N4S. The number of nitrogens with zero attached hydrogens (tertiary/aromatic N) is 3. The molecule has 0 aliphatic carbocycles. The second-order valence-corrected chi connectivity index (χ2v) is 5.72. The molecule has 0 aromatic carbocycles. The van der Waals surface area contributed by atoms with E-state index in [0.29, 0.717) is 0 Å². The number of aromatic nitrogens is 3. The van der Waals surface area contributed by atoms with Crippen molar-refractivity contribution in [3.63, 3.8) is 0 Å². The lowest BCUT2D eigenvalue weighted by Crippen LogP contribution is -2.18. The second-order valence-electron chi connectivity index (χ2n) is 4.89. The average Bonchev–Trinajstić information content (AvgIpc) is 2.96. The zero-order valence-corrected chi connectivity index (χ0v) is 12.6. The molecule has 3 aromatic rings. The highest BCUT2D eigenvalue weighted by molar-refractivity contribution is 7.15. The van der Waals surface area contributed by atoms with E-state index >= 15 is 0 Å². The number of nitrogens with one attached hydrogen (secondary N) is 1. The monoisotopic (exact) mass is 286 g/mol. The Bertz CT molecular complexity index is 699. The van der Waals surface area contributed by atoms with E-state index in [2.05, 4.69) is 45.0 Å². The van der Waals surface area contributed by atoms with Gasteiger partial charge in [-0.15, -0.1) is 11.3 Å². The van der Waals surface area contributed by atoms with Gasteiger partial charge in [-0.2, -0.15) is 0 Å². The molecular weight excluding hydrogens is 268 g/mol. The molecule has 0 spiro atoms. The number of aryl methyl sites for hydroxylation is 2. The maximum absolute atomic E-state index is 4.60. The van der Waals surface area contributed by atoms with Crippen LogP contribution in [0.25, 0.3) is 4.96 Å². The van der Waals surface area contributed by atoms with Crippen LogP contribution in [0.5, 0.6) is 0 Å². The normalized spacial score (nSPS) is 11.3. The maximum Gasteiger partial charge on any atom is 0.194 e. The van der Waals surface area contributed by atoms with Crippen molar-refractivity contribution in [2.75, 3.05) is 6.54 Å². The van der Waals surface area contributed by atoms with Crippen molar-refractivity contribution >= 4 is 16.3 Å². The molecule has 0 fully saturated rings. The van der Waals surface area contributed by atoms with E-state index in [4.69, 9.17) is 0 Å². The first-order valence-corrected chi connectivity index (χ1v) is 7.66. The van der Waals surface area contributed by atoms with Gasteiger partial charge < -0.3 is 5.32 Å². The van der Waals surface area contributed by atoms with Gasteiger partial charge in [-0.25, -0.2) is 4.98 Å². The van der Waals surface area contributed by atoms with Crippen molar-refractivity contribution in [1.29, 1.82) is 0 Å². The SMILES string of the molecule is Cc1nc2scc(C)n2c1CNCCc1ccccn1. The third-order valence-electron chi connectivity index (χ3n) is 3.41. The molecule has 20 heavy (non-hydrogen) atoms. The highest BCUT2D eigenvalue weighted by Gasteiger charge is 2.11. The first kappa shape index (κ1) is 13.3. The van der Waals surface area contributed by atoms with Gasteiger partial charge >= 0.3 is 0 Å². The van der Waals surface area contributed by atoms with Crippen LogP contribution >= 0.6 is 11.3 Å². The number of pyridine rings is 1. The number of thiazole rings is 1. The van der Waals surface area contributed by atoms with Gasteiger partial charge in [0.2, 0.25) is 0 Å². The molecule has 1 N–H and O–H groups in total. The molecule has 0 aliphatic rings. The predicted octanol–water partition coefficient (Wildman–Crippen LogP) is 2.74. The van der Waals surface area contributed by atoms with E-state index in [-0.39, 0.29) is 0 Å². The third-order valence-corrected chi connectivity index (χ3v) is 4.35. The van der Waals surface area contributed by atoms with Crippen molar-refractivity contribution in [2.24, 2.45) is 0 Å². The summed E-state index contributed by atoms with van der Waals surface area (Å²) < 4.78 is 2.24. The van der Waals surface area contributed by atoms with Crippen molar-refractivity contribution in [3.05, 3.63) is 52.6 Å². The van der Waals surface area contributed by atoms with Crippen LogP contribution in [0.3, 0.4) is 0 Å². The minimum absolute atomic E-state index is 0.845. The zero-order chi connectivity index (χ0) is 13.9. The number of hydrogen-bond donors (Lipinski definition) is 1. The summed E-state index contributed by atoms with van der Waals surface area (Å²) in [7, 11) is 0. The van der Waals surface area contributed by atoms with Gasteiger partial charge in [0.05, 0.1) is 11.4 Å². The Morgan fingerprint density at radius 3 is 3.00 bits per heavy atom. The van der Waals surface area contributed by atoms with Crippen molar-refractivity contribution in [2.45, 2.75) is 26.8 Å². The molecule has 3 heterocycles. The molecule has 0 radical (unpaired) electrons. The fraction of sp³-hybridized carbons (Fsp3) is 0.333. The van der Waals surface area contributed by atoms with E-state index in [9.17, 15) is 0 Å². The molecule has 0 saturated carbocycles. The van der Waals surface area contributed by atoms with Crippen molar-refractivity contribution < 1.29 is 0 Å². The van der Waals surface area contributed by atoms with Gasteiger partial charge in [0.1, 0.15) is 0 Å². The molecule has 4 nitrogen and oxygen atoms in total. The third kappa shape index (κ3) is 2.59. The molecule has 3 rings (SSSR count). The second kappa shape index (κ2) is 5.73. The molecule has 0 bridgehead atoms. The Kier molecular flexibility index (Phi) is 3.80. The Labute approximate surface area is 122 Å². The van der Waals surface area contributed by atoms with E-state index < -0.39 is 0 Å². The van der Waals surface area contributed by atoms with Gasteiger partial charge in [0.15, 0.2) is 4.96 Å². The Morgan fingerprint density at radius 1 is 1.30 bits per heavy atom. The summed E-state index contributed by atoms with van der Waals surface area (Å²) in [6, 6.07) is 6.04. The minimum Gasteiger partial charge on any atom is -0.311 e. The molecule has 0 unspecified atom stereocenters. The number of fused-ring (bicyclic) bond motifs is 1. The van der Waals surface area contributed by atoms with Crippen LogP contribution in [0.2, 0.25) is 0 Å². The summed E-state index contributed by atoms with van der Waals surface area (Å²) in [6.45, 7) is 5.97. The summed E-state index contributed by atoms with van der Waals surface area (Å²) in [5.74, 6) is 0. The predicted molar refractivity (Wildman–Crippen MR) is 82.2 cm³/mol. The first-order valence-electron chi connectivity index (χ1n) is 6.78. The smallest absolute Gasteiger partial charge is 0.194 e. The number of imidazole rings is 1. The highest BCUT2D eigenvalue weighted by Crippen LogP contribution is 2.20. The van der Waals surface area contributed by atoms with Crippen LogP contribution < -0.4 is 5.32 Å². The molecule has 0 atom stereocenters.